The quantitative estimate of drug-likeness (QED) is 0.0195. The van der Waals surface area contributed by atoms with Crippen LogP contribution in [-0.2, 0) is 39.9 Å². The van der Waals surface area contributed by atoms with Crippen LogP contribution in [0.2, 0.25) is 0 Å². The number of nitrogens with two attached hydrogens (primary N) is 1. The Morgan fingerprint density at radius 1 is 0.838 bits per heavy atom. The van der Waals surface area contributed by atoms with E-state index in [4.69, 9.17) is 15.2 Å². The van der Waals surface area contributed by atoms with Crippen molar-refractivity contribution in [3.63, 3.8) is 0 Å². The number of likely N-dealkylation sites (N-methyl/N-ethyl adjacent to an activating group) is 1. The number of amides is 1. The first kappa shape index (κ1) is 57.7. The molecule has 2 aliphatic heterocycles. The summed E-state index contributed by atoms with van der Waals surface area (Å²) in [7, 11) is 3.26. The number of carboxylic acids is 2. The molecule has 0 bridgehead atoms. The third-order valence-corrected chi connectivity index (χ3v) is 13.4. The molecule has 74 heavy (non-hydrogen) atoms. The molecule has 396 valence electrons. The number of allylic oxidation sites excluding steroid dienone is 2. The van der Waals surface area contributed by atoms with Gasteiger partial charge >= 0.3 is 23.9 Å². The van der Waals surface area contributed by atoms with E-state index in [1.54, 1.807) is 19.9 Å². The lowest BCUT2D eigenvalue weighted by molar-refractivity contribution is -0.384. The van der Waals surface area contributed by atoms with Gasteiger partial charge in [-0.05, 0) is 115 Å². The molecule has 17 nitrogen and oxygen atoms in total. The number of rotatable bonds is 24. The van der Waals surface area contributed by atoms with Gasteiger partial charge in [-0.15, -0.1) is 0 Å². The number of esters is 2. The van der Waals surface area contributed by atoms with E-state index in [2.05, 4.69) is 64.1 Å². The first-order valence-corrected chi connectivity index (χ1v) is 25.1. The molecule has 1 fully saturated rings. The molecule has 4 aromatic rings. The number of hydrogen-bond acceptors (Lipinski definition) is 13. The fourth-order valence-electron chi connectivity index (χ4n) is 9.84. The van der Waals surface area contributed by atoms with Crippen LogP contribution in [0.4, 0.5) is 5.69 Å². The zero-order chi connectivity index (χ0) is 54.0. The number of ether oxygens (including phenoxy) is 2. The van der Waals surface area contributed by atoms with Gasteiger partial charge in [0, 0.05) is 42.5 Å². The third kappa shape index (κ3) is 16.1. The van der Waals surface area contributed by atoms with Gasteiger partial charge in [-0.3, -0.25) is 25.0 Å². The molecular weight excluding hydrogens is 945 g/mol. The fourth-order valence-corrected chi connectivity index (χ4v) is 9.84. The summed E-state index contributed by atoms with van der Waals surface area (Å²) in [4.78, 5) is 77.9. The molecule has 0 aromatic heterocycles. The van der Waals surface area contributed by atoms with E-state index in [-0.39, 0.29) is 28.7 Å². The lowest BCUT2D eigenvalue weighted by Gasteiger charge is -2.34. The maximum absolute atomic E-state index is 14.0. The number of nitrogens with one attached hydrogen (secondary N) is 2. The Bertz CT molecular complexity index is 2570. The highest BCUT2D eigenvalue weighted by Gasteiger charge is 2.41. The molecule has 17 heteroatoms. The van der Waals surface area contributed by atoms with Crippen molar-refractivity contribution < 1.29 is 48.6 Å². The number of aryl methyl sites for hydroxylation is 1. The van der Waals surface area contributed by atoms with Gasteiger partial charge in [0.15, 0.2) is 0 Å². The van der Waals surface area contributed by atoms with Gasteiger partial charge < -0.3 is 40.5 Å². The Kier molecular flexibility index (Phi) is 21.6. The van der Waals surface area contributed by atoms with Crippen LogP contribution in [0, 0.1) is 10.1 Å². The molecule has 0 aliphatic carbocycles. The van der Waals surface area contributed by atoms with Crippen LogP contribution in [0.3, 0.4) is 0 Å². The Hall–Kier alpha value is -7.21. The molecule has 1 amide bonds. The molecule has 1 saturated heterocycles. The van der Waals surface area contributed by atoms with E-state index in [1.165, 1.54) is 41.3 Å². The number of nitro groups is 1. The van der Waals surface area contributed by atoms with Crippen molar-refractivity contribution in [3.05, 3.63) is 170 Å². The molecule has 0 radical (unpaired) electrons. The van der Waals surface area contributed by atoms with Crippen LogP contribution in [-0.4, -0.2) is 119 Å². The number of carbonyl (C=O) groups is 5. The number of likely N-dealkylation sites (tertiary alicyclic amines) is 1. The van der Waals surface area contributed by atoms with E-state index in [1.807, 2.05) is 63.4 Å². The highest BCUT2D eigenvalue weighted by atomic mass is 16.6. The number of aliphatic carboxylic acids is 2. The highest BCUT2D eigenvalue weighted by molar-refractivity contribution is 6.00. The Morgan fingerprint density at radius 2 is 1.43 bits per heavy atom. The van der Waals surface area contributed by atoms with Gasteiger partial charge in [0.05, 0.1) is 35.1 Å². The number of non-ortho nitro benzene ring substituents is 1. The van der Waals surface area contributed by atoms with Crippen molar-refractivity contribution in [1.29, 1.82) is 0 Å². The zero-order valence-corrected chi connectivity index (χ0v) is 43.3. The maximum atomic E-state index is 14.0. The lowest BCUT2D eigenvalue weighted by atomic mass is 9.80. The number of nitro benzene ring substituents is 1. The van der Waals surface area contributed by atoms with E-state index in [0.29, 0.717) is 75.1 Å². The van der Waals surface area contributed by atoms with Gasteiger partial charge in [0.1, 0.15) is 17.7 Å². The highest BCUT2D eigenvalue weighted by Crippen LogP contribution is 2.41. The molecule has 4 atom stereocenters. The third-order valence-electron chi connectivity index (χ3n) is 13.4. The Morgan fingerprint density at radius 3 is 1.99 bits per heavy atom. The van der Waals surface area contributed by atoms with E-state index >= 15 is 0 Å². The molecule has 1 unspecified atom stereocenters. The van der Waals surface area contributed by atoms with Gasteiger partial charge in [0.25, 0.3) is 5.69 Å². The van der Waals surface area contributed by atoms with Crippen molar-refractivity contribution in [2.75, 3.05) is 40.3 Å². The fraction of sp³-hybridized carbons (Fsp3) is 0.421. The van der Waals surface area contributed by atoms with Crippen LogP contribution in [0.1, 0.15) is 107 Å². The van der Waals surface area contributed by atoms with E-state index in [0.717, 1.165) is 24.9 Å². The monoisotopic (exact) mass is 1020 g/mol. The van der Waals surface area contributed by atoms with Crippen molar-refractivity contribution >= 4 is 35.5 Å². The Labute approximate surface area is 433 Å². The van der Waals surface area contributed by atoms with Crippen molar-refractivity contribution in [2.24, 2.45) is 5.73 Å². The van der Waals surface area contributed by atoms with Gasteiger partial charge in [-0.1, -0.05) is 110 Å². The molecule has 2 aliphatic rings. The minimum Gasteiger partial charge on any atom is -0.480 e. The molecule has 4 aromatic carbocycles. The summed E-state index contributed by atoms with van der Waals surface area (Å²) < 4.78 is 11.2. The maximum Gasteiger partial charge on any atom is 0.337 e. The van der Waals surface area contributed by atoms with Gasteiger partial charge in [0.2, 0.25) is 5.91 Å². The van der Waals surface area contributed by atoms with Crippen LogP contribution in [0.5, 0.6) is 0 Å². The topological polar surface area (TPSA) is 244 Å². The number of methoxy groups -OCH3 is 1. The summed E-state index contributed by atoms with van der Waals surface area (Å²) in [5.41, 5.74) is 9.82. The smallest absolute Gasteiger partial charge is 0.337 e. The molecular formula is C57H72N6O11. The minimum atomic E-state index is -1.02. The van der Waals surface area contributed by atoms with Crippen LogP contribution in [0.25, 0.3) is 0 Å². The minimum absolute atomic E-state index is 0.149. The molecule has 2 heterocycles. The number of nitrogens with zero attached hydrogens (tertiary/aromatic N) is 3. The second-order valence-electron chi connectivity index (χ2n) is 19.5. The summed E-state index contributed by atoms with van der Waals surface area (Å²) in [6.45, 7) is 9.21. The Balaban J connectivity index is 0.000000302. The number of unbranched alkanes of at least 4 members (excludes halogenated alkanes) is 1. The van der Waals surface area contributed by atoms with E-state index < -0.39 is 58.4 Å². The second kappa shape index (κ2) is 27.7. The normalized spacial score (nSPS) is 16.5. The van der Waals surface area contributed by atoms with Crippen molar-refractivity contribution in [3.8, 4) is 0 Å². The van der Waals surface area contributed by atoms with E-state index in [9.17, 15) is 44.3 Å². The largest absolute Gasteiger partial charge is 0.480 e. The van der Waals surface area contributed by atoms with Crippen molar-refractivity contribution in [1.82, 2.24) is 20.4 Å². The number of carbonyl (C=O) groups excluding carboxylic acids is 3. The molecule has 0 spiro atoms. The predicted molar refractivity (Wildman–Crippen MR) is 282 cm³/mol. The number of hydrogen-bond donors (Lipinski definition) is 5. The van der Waals surface area contributed by atoms with Gasteiger partial charge in [-0.25, -0.2) is 14.4 Å². The number of benzene rings is 4. The SMILES string of the molecule is COC(=O)C1=C(C)NC(C)=C(C(=O)OC(C)(C)CN(C)CCC(c2ccccc2)c2ccccc2)C1c1cccc([N+](=O)[O-])c1.NCCCC[C@H](N[C@@H](CCc1ccccc1)C(=O)O)C(=O)N1CCC[C@H]1C(=O)O. The number of dihydropyridines is 1. The summed E-state index contributed by atoms with van der Waals surface area (Å²) >= 11 is 0. The summed E-state index contributed by atoms with van der Waals surface area (Å²) in [5, 5.41) is 36.7. The summed E-state index contributed by atoms with van der Waals surface area (Å²) in [6.07, 6.45) is 4.63. The average molecular weight is 1020 g/mol. The first-order chi connectivity index (χ1) is 35.3. The standard InChI is InChI=1S/C36H41N3O6.C21H31N3O5/c1-24-31(34(40)44-6)33(28-18-13-19-29(22-28)39(42)43)32(25(2)37-24)35(41)45-36(3,4)23-38(5)21-20-30(26-14-9-7-10-15-26)27-16-11-8-12-17-27;22-13-5-4-9-16(19(25)24-14-6-10-18(24)21(28)29)23-17(20(26)27)12-11-15-7-2-1-3-8-15/h7-19,22,30,33,37H,20-21,23H2,1-6H3;1-3,7-8,16-18,23H,4-6,9-14,22H2,(H,26,27)(H,28,29)/t;16-,17-,18-/m.0/s1. The summed E-state index contributed by atoms with van der Waals surface area (Å²) in [5.74, 6) is -4.33. The molecule has 6 rings (SSSR count). The lowest BCUT2D eigenvalue weighted by Crippen LogP contribution is -2.54. The molecule has 6 N–H and O–H groups in total. The predicted octanol–water partition coefficient (Wildman–Crippen LogP) is 7.71. The van der Waals surface area contributed by atoms with Crippen LogP contribution < -0.4 is 16.4 Å². The number of carboxylic acid groups (broad SMARTS) is 2. The summed E-state index contributed by atoms with van der Waals surface area (Å²) in [6, 6.07) is 33.9. The van der Waals surface area contributed by atoms with Gasteiger partial charge in [-0.2, -0.15) is 0 Å². The average Bonchev–Trinajstić information content (AvgIpc) is 3.88. The van der Waals surface area contributed by atoms with Crippen LogP contribution in [0.15, 0.2) is 138 Å². The van der Waals surface area contributed by atoms with Crippen molar-refractivity contribution in [2.45, 2.75) is 115 Å². The van der Waals surface area contributed by atoms with Crippen LogP contribution >= 0.6 is 0 Å². The molecule has 0 saturated carbocycles. The first-order valence-electron chi connectivity index (χ1n) is 25.1. The second-order valence-corrected chi connectivity index (χ2v) is 19.5. The zero-order valence-electron chi connectivity index (χ0n) is 43.3.